The molecule has 118 valence electrons. The Hall–Kier alpha value is -0.930. The SMILES string of the molecule is CCCC(O)c1cc(F)cc(CCC2(O)CCCCC2)c1. The van der Waals surface area contributed by atoms with Crippen LogP contribution < -0.4 is 0 Å². The lowest BCUT2D eigenvalue weighted by Crippen LogP contribution is -2.31. The van der Waals surface area contributed by atoms with Crippen LogP contribution in [0.2, 0.25) is 0 Å². The Balaban J connectivity index is 2.02. The summed E-state index contributed by atoms with van der Waals surface area (Å²) in [5.41, 5.74) is 0.953. The Bertz CT molecular complexity index is 453. The molecule has 1 aliphatic carbocycles. The fraction of sp³-hybridized carbons (Fsp3) is 0.667. The van der Waals surface area contributed by atoms with E-state index in [-0.39, 0.29) is 5.82 Å². The number of hydrogen-bond donors (Lipinski definition) is 2. The molecule has 1 saturated carbocycles. The number of hydrogen-bond acceptors (Lipinski definition) is 2. The van der Waals surface area contributed by atoms with Gasteiger partial charge in [-0.3, -0.25) is 0 Å². The van der Waals surface area contributed by atoms with Gasteiger partial charge in [-0.05, 0) is 55.4 Å². The Labute approximate surface area is 127 Å². The second kappa shape index (κ2) is 7.37. The number of aliphatic hydroxyl groups is 2. The topological polar surface area (TPSA) is 40.5 Å². The first-order chi connectivity index (χ1) is 10.0. The van der Waals surface area contributed by atoms with Gasteiger partial charge < -0.3 is 10.2 Å². The van der Waals surface area contributed by atoms with E-state index >= 15 is 0 Å². The Morgan fingerprint density at radius 1 is 1.19 bits per heavy atom. The van der Waals surface area contributed by atoms with E-state index in [0.717, 1.165) is 37.7 Å². The molecule has 1 fully saturated rings. The largest absolute Gasteiger partial charge is 0.390 e. The first-order valence-electron chi connectivity index (χ1n) is 8.22. The van der Waals surface area contributed by atoms with Crippen LogP contribution in [-0.2, 0) is 6.42 Å². The summed E-state index contributed by atoms with van der Waals surface area (Å²) in [6.45, 7) is 2.00. The zero-order valence-corrected chi connectivity index (χ0v) is 12.9. The lowest BCUT2D eigenvalue weighted by Gasteiger charge is -2.32. The summed E-state index contributed by atoms with van der Waals surface area (Å²) in [5, 5.41) is 20.5. The summed E-state index contributed by atoms with van der Waals surface area (Å²) in [6.07, 6.45) is 7.35. The number of aryl methyl sites for hydroxylation is 1. The summed E-state index contributed by atoms with van der Waals surface area (Å²) >= 11 is 0. The second-order valence-electron chi connectivity index (χ2n) is 6.48. The molecule has 1 aliphatic rings. The van der Waals surface area contributed by atoms with Crippen molar-refractivity contribution < 1.29 is 14.6 Å². The molecular formula is C18H27FO2. The molecule has 2 nitrogen and oxygen atoms in total. The second-order valence-corrected chi connectivity index (χ2v) is 6.48. The molecule has 0 aliphatic heterocycles. The highest BCUT2D eigenvalue weighted by atomic mass is 19.1. The highest BCUT2D eigenvalue weighted by Gasteiger charge is 2.28. The van der Waals surface area contributed by atoms with Crippen LogP contribution in [0, 0.1) is 5.82 Å². The maximum atomic E-state index is 13.7. The van der Waals surface area contributed by atoms with E-state index in [4.69, 9.17) is 0 Å². The van der Waals surface area contributed by atoms with Crippen LogP contribution in [0.5, 0.6) is 0 Å². The molecule has 0 amide bonds. The Kier molecular flexibility index (Phi) is 5.77. The molecule has 2 N–H and O–H groups in total. The van der Waals surface area contributed by atoms with Crippen molar-refractivity contribution in [2.45, 2.75) is 76.4 Å². The van der Waals surface area contributed by atoms with Crippen LogP contribution in [0.1, 0.15) is 75.5 Å². The number of aliphatic hydroxyl groups excluding tert-OH is 1. The summed E-state index contributed by atoms with van der Waals surface area (Å²) in [6, 6.07) is 4.82. The van der Waals surface area contributed by atoms with Gasteiger partial charge in [0.1, 0.15) is 5.82 Å². The molecule has 1 aromatic carbocycles. The van der Waals surface area contributed by atoms with Crippen LogP contribution in [0.4, 0.5) is 4.39 Å². The number of benzene rings is 1. The predicted octanol–water partition coefficient (Wildman–Crippen LogP) is 4.29. The van der Waals surface area contributed by atoms with Crippen molar-refractivity contribution in [1.82, 2.24) is 0 Å². The number of rotatable bonds is 6. The molecule has 0 bridgehead atoms. The van der Waals surface area contributed by atoms with Gasteiger partial charge in [0.2, 0.25) is 0 Å². The van der Waals surface area contributed by atoms with Gasteiger partial charge in [-0.2, -0.15) is 0 Å². The van der Waals surface area contributed by atoms with Crippen molar-refractivity contribution in [3.8, 4) is 0 Å². The standard InChI is InChI=1S/C18H27FO2/c1-2-6-17(20)15-11-14(12-16(19)13-15)7-10-18(21)8-4-3-5-9-18/h11-13,17,20-21H,2-10H2,1H3. The van der Waals surface area contributed by atoms with Crippen LogP contribution in [-0.4, -0.2) is 15.8 Å². The highest BCUT2D eigenvalue weighted by Crippen LogP contribution is 2.32. The minimum Gasteiger partial charge on any atom is -0.390 e. The normalized spacial score (nSPS) is 19.4. The third-order valence-electron chi connectivity index (χ3n) is 4.59. The maximum Gasteiger partial charge on any atom is 0.123 e. The van der Waals surface area contributed by atoms with Crippen LogP contribution in [0.3, 0.4) is 0 Å². The molecule has 21 heavy (non-hydrogen) atoms. The van der Waals surface area contributed by atoms with E-state index in [9.17, 15) is 14.6 Å². The van der Waals surface area contributed by atoms with Gasteiger partial charge in [-0.1, -0.05) is 38.7 Å². The smallest absolute Gasteiger partial charge is 0.123 e. The van der Waals surface area contributed by atoms with Crippen molar-refractivity contribution in [2.24, 2.45) is 0 Å². The summed E-state index contributed by atoms with van der Waals surface area (Å²) in [5.74, 6) is -0.298. The Morgan fingerprint density at radius 2 is 1.90 bits per heavy atom. The van der Waals surface area contributed by atoms with Gasteiger partial charge in [0.15, 0.2) is 0 Å². The molecule has 0 saturated heterocycles. The molecule has 0 aromatic heterocycles. The molecule has 1 unspecified atom stereocenters. The van der Waals surface area contributed by atoms with Gasteiger partial charge in [-0.15, -0.1) is 0 Å². The van der Waals surface area contributed by atoms with Crippen molar-refractivity contribution in [2.75, 3.05) is 0 Å². The third-order valence-corrected chi connectivity index (χ3v) is 4.59. The average molecular weight is 294 g/mol. The number of halogens is 1. The molecule has 3 heteroatoms. The zero-order valence-electron chi connectivity index (χ0n) is 12.9. The van der Waals surface area contributed by atoms with Gasteiger partial charge in [0.25, 0.3) is 0 Å². The summed E-state index contributed by atoms with van der Waals surface area (Å²) < 4.78 is 13.7. The minimum atomic E-state index is -0.595. The van der Waals surface area contributed by atoms with Crippen molar-refractivity contribution in [3.63, 3.8) is 0 Å². The van der Waals surface area contributed by atoms with Gasteiger partial charge in [0, 0.05) is 0 Å². The predicted molar refractivity (Wildman–Crippen MR) is 82.6 cm³/mol. The maximum absolute atomic E-state index is 13.7. The molecule has 0 spiro atoms. The Morgan fingerprint density at radius 3 is 2.57 bits per heavy atom. The summed E-state index contributed by atoms with van der Waals surface area (Å²) in [7, 11) is 0. The van der Waals surface area contributed by atoms with Gasteiger partial charge in [-0.25, -0.2) is 4.39 Å². The molecule has 1 atom stereocenters. The van der Waals surface area contributed by atoms with Gasteiger partial charge >= 0.3 is 0 Å². The molecule has 2 rings (SSSR count). The van der Waals surface area contributed by atoms with Crippen LogP contribution in [0.15, 0.2) is 18.2 Å². The van der Waals surface area contributed by atoms with Gasteiger partial charge in [0.05, 0.1) is 11.7 Å². The molecule has 1 aromatic rings. The van der Waals surface area contributed by atoms with Crippen molar-refractivity contribution in [1.29, 1.82) is 0 Å². The van der Waals surface area contributed by atoms with Crippen molar-refractivity contribution in [3.05, 3.63) is 35.1 Å². The molecule has 0 radical (unpaired) electrons. The quantitative estimate of drug-likeness (QED) is 0.822. The first-order valence-corrected chi connectivity index (χ1v) is 8.22. The third kappa shape index (κ3) is 4.79. The molecule has 0 heterocycles. The fourth-order valence-electron chi connectivity index (χ4n) is 3.29. The average Bonchev–Trinajstić information content (AvgIpc) is 2.46. The lowest BCUT2D eigenvalue weighted by molar-refractivity contribution is -0.00344. The van der Waals surface area contributed by atoms with E-state index in [1.54, 1.807) is 0 Å². The van der Waals surface area contributed by atoms with E-state index in [1.165, 1.54) is 18.6 Å². The molecular weight excluding hydrogens is 267 g/mol. The summed E-state index contributed by atoms with van der Waals surface area (Å²) in [4.78, 5) is 0. The van der Waals surface area contributed by atoms with Crippen molar-refractivity contribution >= 4 is 0 Å². The van der Waals surface area contributed by atoms with Crippen LogP contribution in [0.25, 0.3) is 0 Å². The van der Waals surface area contributed by atoms with E-state index < -0.39 is 11.7 Å². The zero-order chi connectivity index (χ0) is 15.3. The fourth-order valence-corrected chi connectivity index (χ4v) is 3.29. The minimum absolute atomic E-state index is 0.298. The first kappa shape index (κ1) is 16.4. The van der Waals surface area contributed by atoms with E-state index in [1.807, 2.05) is 13.0 Å². The lowest BCUT2D eigenvalue weighted by atomic mass is 9.81. The highest BCUT2D eigenvalue weighted by molar-refractivity contribution is 5.26. The van der Waals surface area contributed by atoms with E-state index in [0.29, 0.717) is 24.8 Å². The van der Waals surface area contributed by atoms with Crippen LogP contribution >= 0.6 is 0 Å². The van der Waals surface area contributed by atoms with E-state index in [2.05, 4.69) is 0 Å². The monoisotopic (exact) mass is 294 g/mol.